The van der Waals surface area contributed by atoms with Gasteiger partial charge in [-0.3, -0.25) is 0 Å². The van der Waals surface area contributed by atoms with Crippen LogP contribution < -0.4 is 0 Å². The van der Waals surface area contributed by atoms with Crippen LogP contribution in [0.15, 0.2) is 24.3 Å². The highest BCUT2D eigenvalue weighted by Crippen LogP contribution is 2.28. The molecule has 0 N–H and O–H groups in total. The number of aromatic nitrogens is 1. The molecule has 0 bridgehead atoms. The summed E-state index contributed by atoms with van der Waals surface area (Å²) in [5.74, 6) is 1.05. The molecule has 0 aliphatic rings. The molecule has 0 fully saturated rings. The molecule has 2 rings (SSSR count). The fraction of sp³-hybridized carbons (Fsp3) is 0.385. The Labute approximate surface area is 106 Å². The summed E-state index contributed by atoms with van der Waals surface area (Å²) < 4.78 is 2.39. The normalized spacial score (nSPS) is 11.6. The minimum atomic E-state index is 0.487. The van der Waals surface area contributed by atoms with Crippen LogP contribution in [-0.4, -0.2) is 10.8 Å². The van der Waals surface area contributed by atoms with Crippen molar-refractivity contribution < 1.29 is 0 Å². The molecule has 1 aromatic carbocycles. The zero-order valence-electron chi connectivity index (χ0n) is 9.83. The summed E-state index contributed by atoms with van der Waals surface area (Å²) in [5, 5.41) is 2.05. The third-order valence-electron chi connectivity index (χ3n) is 2.69. The van der Waals surface area contributed by atoms with E-state index in [9.17, 15) is 0 Å². The Morgan fingerprint density at radius 3 is 2.69 bits per heavy atom. The average molecular weight is 254 g/mol. The lowest BCUT2D eigenvalue weighted by Crippen LogP contribution is -2.04. The molecule has 16 heavy (non-hydrogen) atoms. The minimum Gasteiger partial charge on any atom is -0.341 e. The molecule has 0 aliphatic heterocycles. The van der Waals surface area contributed by atoms with E-state index in [0.717, 1.165) is 10.8 Å². The monoisotopic (exact) mass is 253 g/mol. The molecule has 0 amide bonds. The number of thioether (sulfide) groups is 1. The second-order valence-electron chi connectivity index (χ2n) is 4.24. The highest BCUT2D eigenvalue weighted by Gasteiger charge is 2.10. The van der Waals surface area contributed by atoms with Crippen LogP contribution >= 0.6 is 23.4 Å². The third-order valence-corrected chi connectivity index (χ3v) is 3.51. The fourth-order valence-corrected chi connectivity index (χ4v) is 2.83. The third kappa shape index (κ3) is 2.09. The van der Waals surface area contributed by atoms with Crippen LogP contribution in [0.1, 0.15) is 25.6 Å². The summed E-state index contributed by atoms with van der Waals surface area (Å²) in [6, 6.07) is 8.85. The van der Waals surface area contributed by atoms with Gasteiger partial charge in [0.25, 0.3) is 0 Å². The van der Waals surface area contributed by atoms with E-state index in [2.05, 4.69) is 36.8 Å². The molecule has 1 nitrogen and oxygen atoms in total. The van der Waals surface area contributed by atoms with E-state index in [1.165, 1.54) is 16.6 Å². The van der Waals surface area contributed by atoms with Crippen molar-refractivity contribution in [2.24, 2.45) is 0 Å². The van der Waals surface area contributed by atoms with Crippen molar-refractivity contribution in [1.29, 1.82) is 0 Å². The van der Waals surface area contributed by atoms with Gasteiger partial charge in [0.2, 0.25) is 0 Å². The second kappa shape index (κ2) is 4.72. The zero-order chi connectivity index (χ0) is 11.7. The summed E-state index contributed by atoms with van der Waals surface area (Å²) in [7, 11) is 0. The number of hydrogen-bond donors (Lipinski definition) is 0. The van der Waals surface area contributed by atoms with Gasteiger partial charge in [-0.1, -0.05) is 11.6 Å². The van der Waals surface area contributed by atoms with E-state index < -0.39 is 0 Å². The van der Waals surface area contributed by atoms with Gasteiger partial charge in [-0.15, -0.1) is 0 Å². The number of benzene rings is 1. The number of hydrogen-bond acceptors (Lipinski definition) is 1. The van der Waals surface area contributed by atoms with Crippen molar-refractivity contribution in [2.45, 2.75) is 25.6 Å². The predicted octanol–water partition coefficient (Wildman–Crippen LogP) is 4.74. The summed E-state index contributed by atoms with van der Waals surface area (Å²) in [5.41, 5.74) is 2.66. The molecule has 3 heteroatoms. The highest BCUT2D eigenvalue weighted by atomic mass is 35.5. The maximum Gasteiger partial charge on any atom is 0.0486 e. The van der Waals surface area contributed by atoms with E-state index in [4.69, 9.17) is 11.6 Å². The average Bonchev–Trinajstić information content (AvgIpc) is 2.55. The summed E-state index contributed by atoms with van der Waals surface area (Å²) in [4.78, 5) is 0. The van der Waals surface area contributed by atoms with Crippen molar-refractivity contribution in [1.82, 2.24) is 4.57 Å². The maximum atomic E-state index is 6.02. The van der Waals surface area contributed by atoms with Crippen LogP contribution in [0.25, 0.3) is 10.9 Å². The van der Waals surface area contributed by atoms with Crippen LogP contribution in [0.5, 0.6) is 0 Å². The van der Waals surface area contributed by atoms with E-state index in [1.54, 1.807) is 0 Å². The van der Waals surface area contributed by atoms with Crippen molar-refractivity contribution >= 4 is 34.3 Å². The molecule has 0 atom stereocenters. The highest BCUT2D eigenvalue weighted by molar-refractivity contribution is 7.97. The Morgan fingerprint density at radius 2 is 2.06 bits per heavy atom. The number of rotatable bonds is 3. The molecule has 0 radical (unpaired) electrons. The van der Waals surface area contributed by atoms with Gasteiger partial charge in [0.15, 0.2) is 0 Å². The first-order valence-electron chi connectivity index (χ1n) is 5.41. The molecule has 2 aromatic rings. The topological polar surface area (TPSA) is 4.93 Å². The van der Waals surface area contributed by atoms with E-state index >= 15 is 0 Å². The second-order valence-corrected chi connectivity index (χ2v) is 5.54. The Balaban J connectivity index is 2.65. The van der Waals surface area contributed by atoms with Crippen molar-refractivity contribution in [3.05, 3.63) is 35.0 Å². The van der Waals surface area contributed by atoms with Gasteiger partial charge in [-0.05, 0) is 44.4 Å². The molecule has 0 spiro atoms. The van der Waals surface area contributed by atoms with Gasteiger partial charge in [0.05, 0.1) is 0 Å². The first-order valence-corrected chi connectivity index (χ1v) is 7.19. The number of halogens is 1. The Morgan fingerprint density at radius 1 is 1.31 bits per heavy atom. The van der Waals surface area contributed by atoms with Crippen LogP contribution in [-0.2, 0) is 5.75 Å². The zero-order valence-corrected chi connectivity index (χ0v) is 11.4. The van der Waals surface area contributed by atoms with E-state index in [0.29, 0.717) is 6.04 Å². The Hall–Kier alpha value is -0.600. The lowest BCUT2D eigenvalue weighted by Gasteiger charge is -2.14. The first kappa shape index (κ1) is 11.9. The van der Waals surface area contributed by atoms with Crippen molar-refractivity contribution in [3.63, 3.8) is 0 Å². The lowest BCUT2D eigenvalue weighted by atomic mass is 10.2. The largest absolute Gasteiger partial charge is 0.341 e. The van der Waals surface area contributed by atoms with Gasteiger partial charge in [0, 0.05) is 33.4 Å². The predicted molar refractivity (Wildman–Crippen MR) is 74.6 cm³/mol. The smallest absolute Gasteiger partial charge is 0.0486 e. The lowest BCUT2D eigenvalue weighted by molar-refractivity contribution is 0.606. The number of fused-ring (bicyclic) bond motifs is 1. The Bertz CT molecular complexity index is 502. The SMILES string of the molecule is CSCc1cc2cc(Cl)ccc2n1C(C)C. The van der Waals surface area contributed by atoms with Crippen molar-refractivity contribution in [3.8, 4) is 0 Å². The van der Waals surface area contributed by atoms with Crippen LogP contribution in [0.4, 0.5) is 0 Å². The summed E-state index contributed by atoms with van der Waals surface area (Å²) >= 11 is 7.87. The standard InChI is InChI=1S/C13H16ClNS/c1-9(2)15-12(8-16-3)7-10-6-11(14)4-5-13(10)15/h4-7,9H,8H2,1-3H3. The summed E-state index contributed by atoms with van der Waals surface area (Å²) in [6.45, 7) is 4.44. The molecule has 0 aliphatic carbocycles. The van der Waals surface area contributed by atoms with Gasteiger partial charge < -0.3 is 4.57 Å². The maximum absolute atomic E-state index is 6.02. The van der Waals surface area contributed by atoms with Gasteiger partial charge in [0.1, 0.15) is 0 Å². The molecular weight excluding hydrogens is 238 g/mol. The van der Waals surface area contributed by atoms with Crippen LogP contribution in [0.2, 0.25) is 5.02 Å². The minimum absolute atomic E-state index is 0.487. The van der Waals surface area contributed by atoms with Gasteiger partial charge in [-0.2, -0.15) is 11.8 Å². The molecular formula is C13H16ClNS. The molecule has 86 valence electrons. The molecule has 1 heterocycles. The Kier molecular flexibility index (Phi) is 3.50. The molecule has 0 unspecified atom stereocenters. The molecule has 0 saturated heterocycles. The fourth-order valence-electron chi connectivity index (χ4n) is 2.13. The van der Waals surface area contributed by atoms with Crippen LogP contribution in [0, 0.1) is 0 Å². The van der Waals surface area contributed by atoms with Crippen LogP contribution in [0.3, 0.4) is 0 Å². The van der Waals surface area contributed by atoms with Gasteiger partial charge in [-0.25, -0.2) is 0 Å². The van der Waals surface area contributed by atoms with Crippen molar-refractivity contribution in [2.75, 3.05) is 6.26 Å². The quantitative estimate of drug-likeness (QED) is 0.765. The molecule has 0 saturated carbocycles. The van der Waals surface area contributed by atoms with Gasteiger partial charge >= 0.3 is 0 Å². The van der Waals surface area contributed by atoms with E-state index in [1.807, 2.05) is 23.9 Å². The van der Waals surface area contributed by atoms with E-state index in [-0.39, 0.29) is 0 Å². The summed E-state index contributed by atoms with van der Waals surface area (Å²) in [6.07, 6.45) is 2.13. The first-order chi connectivity index (χ1) is 7.63. The number of nitrogens with zero attached hydrogens (tertiary/aromatic N) is 1. The molecule has 1 aromatic heterocycles.